The Labute approximate surface area is 213 Å². The Balaban J connectivity index is 0.000000289. The quantitative estimate of drug-likeness (QED) is 0.368. The SMILES string of the molecule is CN(C)Cc1cc2ccncc2c(Cc2cccc(CCC(=O)O)c2)n1.NC(=O)c1c(F)cccc1F. The fraction of sp³-hybridized carbons (Fsp3) is 0.214. The van der Waals surface area contributed by atoms with E-state index in [1.54, 1.807) is 6.20 Å². The lowest BCUT2D eigenvalue weighted by Crippen LogP contribution is -2.15. The van der Waals surface area contributed by atoms with Crippen LogP contribution >= 0.6 is 0 Å². The third-order valence-corrected chi connectivity index (χ3v) is 5.44. The van der Waals surface area contributed by atoms with Crippen molar-refractivity contribution in [1.29, 1.82) is 0 Å². The average Bonchev–Trinajstić information content (AvgIpc) is 2.83. The first-order valence-electron chi connectivity index (χ1n) is 11.5. The number of rotatable bonds is 8. The predicted octanol–water partition coefficient (Wildman–Crippen LogP) is 4.36. The number of hydrogen-bond acceptors (Lipinski definition) is 5. The number of nitrogens with zero attached hydrogens (tertiary/aromatic N) is 3. The number of carboxylic acid groups (broad SMARTS) is 1. The molecular formula is C28H28F2N4O3. The van der Waals surface area contributed by atoms with Crippen LogP contribution in [-0.2, 0) is 24.2 Å². The number of carbonyl (C=O) groups is 2. The number of aromatic nitrogens is 2. The Morgan fingerprint density at radius 1 is 1.00 bits per heavy atom. The fourth-order valence-electron chi connectivity index (χ4n) is 3.83. The lowest BCUT2D eigenvalue weighted by atomic mass is 10.0. The first-order chi connectivity index (χ1) is 17.6. The van der Waals surface area contributed by atoms with Gasteiger partial charge in [0.05, 0.1) is 11.4 Å². The number of halogens is 2. The standard InChI is InChI=1S/C21H23N3O2.C7H5F2NO/c1-24(2)14-18-12-17-8-9-22-13-19(17)20(23-18)11-16-5-3-4-15(10-16)6-7-21(25)26;8-4-2-1-3-5(9)6(4)7(10)11/h3-5,8-10,12-13H,6-7,11,14H2,1-2H3,(H,25,26);1-3H,(H2,10,11). The second-order valence-electron chi connectivity index (χ2n) is 8.75. The molecule has 0 unspecified atom stereocenters. The number of amides is 1. The van der Waals surface area contributed by atoms with E-state index in [1.807, 2.05) is 38.5 Å². The number of aryl methyl sites for hydroxylation is 1. The van der Waals surface area contributed by atoms with E-state index in [0.29, 0.717) is 12.8 Å². The molecule has 0 bridgehead atoms. The van der Waals surface area contributed by atoms with Gasteiger partial charge in [-0.15, -0.1) is 0 Å². The number of carboxylic acids is 1. The number of carbonyl (C=O) groups excluding carboxylic acids is 1. The van der Waals surface area contributed by atoms with Crippen LogP contribution in [-0.4, -0.2) is 45.9 Å². The van der Waals surface area contributed by atoms with Crippen molar-refractivity contribution in [3.63, 3.8) is 0 Å². The maximum atomic E-state index is 12.6. The van der Waals surface area contributed by atoms with Gasteiger partial charge in [0.1, 0.15) is 17.2 Å². The Bertz CT molecular complexity index is 1390. The minimum atomic E-state index is -1.10. The van der Waals surface area contributed by atoms with Crippen LogP contribution in [0.1, 0.15) is 39.3 Å². The zero-order valence-electron chi connectivity index (χ0n) is 20.6. The molecule has 9 heteroatoms. The van der Waals surface area contributed by atoms with Gasteiger partial charge in [0, 0.05) is 37.2 Å². The highest BCUT2D eigenvalue weighted by Gasteiger charge is 2.13. The van der Waals surface area contributed by atoms with Crippen LogP contribution in [0.25, 0.3) is 10.8 Å². The van der Waals surface area contributed by atoms with Gasteiger partial charge < -0.3 is 15.7 Å². The van der Waals surface area contributed by atoms with Gasteiger partial charge in [0.2, 0.25) is 0 Å². The number of hydrogen-bond donors (Lipinski definition) is 2. The highest BCUT2D eigenvalue weighted by atomic mass is 19.1. The molecule has 0 fully saturated rings. The number of benzene rings is 2. The highest BCUT2D eigenvalue weighted by molar-refractivity contribution is 5.93. The third kappa shape index (κ3) is 7.88. The molecule has 0 atom stereocenters. The van der Waals surface area contributed by atoms with Crippen molar-refractivity contribution in [2.24, 2.45) is 5.73 Å². The largest absolute Gasteiger partial charge is 0.481 e. The van der Waals surface area contributed by atoms with Crippen LogP contribution in [0, 0.1) is 11.6 Å². The van der Waals surface area contributed by atoms with Crippen LogP contribution in [0.15, 0.2) is 67.0 Å². The van der Waals surface area contributed by atoms with Gasteiger partial charge >= 0.3 is 5.97 Å². The van der Waals surface area contributed by atoms with Crippen LogP contribution in [0.5, 0.6) is 0 Å². The monoisotopic (exact) mass is 506 g/mol. The molecule has 0 saturated heterocycles. The Kier molecular flexibility index (Phi) is 9.34. The molecule has 0 aliphatic rings. The molecule has 0 radical (unpaired) electrons. The van der Waals surface area contributed by atoms with Crippen molar-refractivity contribution in [1.82, 2.24) is 14.9 Å². The lowest BCUT2D eigenvalue weighted by Gasteiger charge is -2.13. The summed E-state index contributed by atoms with van der Waals surface area (Å²) in [6.45, 7) is 0.782. The first-order valence-corrected chi connectivity index (χ1v) is 11.5. The zero-order valence-corrected chi connectivity index (χ0v) is 20.6. The van der Waals surface area contributed by atoms with Crippen molar-refractivity contribution in [2.45, 2.75) is 25.8 Å². The van der Waals surface area contributed by atoms with Crippen molar-refractivity contribution in [3.05, 3.63) is 107 Å². The molecule has 0 saturated carbocycles. The summed E-state index contributed by atoms with van der Waals surface area (Å²) in [5.74, 6) is -3.74. The Morgan fingerprint density at radius 3 is 2.30 bits per heavy atom. The molecule has 2 aromatic carbocycles. The minimum Gasteiger partial charge on any atom is -0.481 e. The van der Waals surface area contributed by atoms with Crippen molar-refractivity contribution >= 4 is 22.6 Å². The van der Waals surface area contributed by atoms with Crippen LogP contribution in [0.4, 0.5) is 8.78 Å². The van der Waals surface area contributed by atoms with Crippen molar-refractivity contribution in [2.75, 3.05) is 14.1 Å². The van der Waals surface area contributed by atoms with Gasteiger partial charge in [0.15, 0.2) is 0 Å². The second-order valence-corrected chi connectivity index (χ2v) is 8.75. The molecule has 4 aromatic rings. The molecular weight excluding hydrogens is 478 g/mol. The topological polar surface area (TPSA) is 109 Å². The summed E-state index contributed by atoms with van der Waals surface area (Å²) >= 11 is 0. The summed E-state index contributed by atoms with van der Waals surface area (Å²) in [5.41, 5.74) is 8.22. The number of primary amides is 1. The van der Waals surface area contributed by atoms with Crippen molar-refractivity contribution < 1.29 is 23.5 Å². The molecule has 4 rings (SSSR count). The smallest absolute Gasteiger partial charge is 0.303 e. The summed E-state index contributed by atoms with van der Waals surface area (Å²) in [6.07, 6.45) is 5.06. The zero-order chi connectivity index (χ0) is 26.9. The van der Waals surface area contributed by atoms with Crippen LogP contribution in [0.2, 0.25) is 0 Å². The lowest BCUT2D eigenvalue weighted by molar-refractivity contribution is -0.136. The average molecular weight is 507 g/mol. The van der Waals surface area contributed by atoms with Gasteiger partial charge in [-0.2, -0.15) is 0 Å². The molecule has 1 amide bonds. The fourth-order valence-corrected chi connectivity index (χ4v) is 3.83. The molecule has 2 aromatic heterocycles. The summed E-state index contributed by atoms with van der Waals surface area (Å²) in [4.78, 5) is 32.4. The maximum absolute atomic E-state index is 12.6. The summed E-state index contributed by atoms with van der Waals surface area (Å²) < 4.78 is 25.1. The van der Waals surface area contributed by atoms with Crippen LogP contribution < -0.4 is 5.73 Å². The molecule has 2 heterocycles. The number of pyridine rings is 2. The molecule has 0 spiro atoms. The van der Waals surface area contributed by atoms with Gasteiger partial charge in [-0.05, 0) is 61.3 Å². The van der Waals surface area contributed by atoms with E-state index in [0.717, 1.165) is 58.0 Å². The summed E-state index contributed by atoms with van der Waals surface area (Å²) in [5, 5.41) is 11.1. The van der Waals surface area contributed by atoms with E-state index >= 15 is 0 Å². The van der Waals surface area contributed by atoms with E-state index < -0.39 is 29.1 Å². The van der Waals surface area contributed by atoms with Gasteiger partial charge in [-0.25, -0.2) is 8.78 Å². The maximum Gasteiger partial charge on any atom is 0.303 e. The summed E-state index contributed by atoms with van der Waals surface area (Å²) in [6, 6.07) is 15.3. The molecule has 0 aliphatic carbocycles. The highest BCUT2D eigenvalue weighted by Crippen LogP contribution is 2.21. The first kappa shape index (κ1) is 27.3. The van der Waals surface area contributed by atoms with Crippen molar-refractivity contribution in [3.8, 4) is 0 Å². The predicted molar refractivity (Wildman–Crippen MR) is 137 cm³/mol. The Morgan fingerprint density at radius 2 is 1.68 bits per heavy atom. The Hall–Kier alpha value is -4.24. The van der Waals surface area contributed by atoms with Gasteiger partial charge in [0.25, 0.3) is 5.91 Å². The normalized spacial score (nSPS) is 10.7. The second kappa shape index (κ2) is 12.6. The van der Waals surface area contributed by atoms with Crippen LogP contribution in [0.3, 0.4) is 0 Å². The summed E-state index contributed by atoms with van der Waals surface area (Å²) in [7, 11) is 4.06. The molecule has 192 valence electrons. The van der Waals surface area contributed by atoms with Gasteiger partial charge in [-0.3, -0.25) is 19.6 Å². The molecule has 37 heavy (non-hydrogen) atoms. The third-order valence-electron chi connectivity index (χ3n) is 5.44. The molecule has 7 nitrogen and oxygen atoms in total. The van der Waals surface area contributed by atoms with E-state index in [2.05, 4.69) is 28.1 Å². The van der Waals surface area contributed by atoms with E-state index in [9.17, 15) is 18.4 Å². The molecule has 3 N–H and O–H groups in total. The molecule has 0 aliphatic heterocycles. The van der Waals surface area contributed by atoms with E-state index in [-0.39, 0.29) is 6.42 Å². The van der Waals surface area contributed by atoms with E-state index in [1.165, 1.54) is 0 Å². The van der Waals surface area contributed by atoms with E-state index in [4.69, 9.17) is 15.8 Å². The number of nitrogens with two attached hydrogens (primary N) is 1. The minimum absolute atomic E-state index is 0.146. The van der Waals surface area contributed by atoms with Gasteiger partial charge in [-0.1, -0.05) is 30.3 Å². The number of aliphatic carboxylic acids is 1. The number of fused-ring (bicyclic) bond motifs is 1.